The third-order valence-electron chi connectivity index (χ3n) is 3.64. The minimum Gasteiger partial charge on any atom is -0.469 e. The Hall–Kier alpha value is -0.820. The Morgan fingerprint density at radius 3 is 2.86 bits per heavy atom. The van der Waals surface area contributed by atoms with Crippen LogP contribution in [0.2, 0.25) is 0 Å². The standard InChI is InChI=1S/C14H23N3O2S2/c1-17(2)14(18)20-12-15-13(21-16-12)19-10-6-9-11-7-4-3-5-8-11/h11H,3-10H2,1-2H3. The predicted molar refractivity (Wildman–Crippen MR) is 86.2 cm³/mol. The molecule has 1 amide bonds. The first-order valence-corrected chi connectivity index (χ1v) is 9.10. The van der Waals surface area contributed by atoms with E-state index in [9.17, 15) is 4.79 Å². The molecule has 0 bridgehead atoms. The normalized spacial score (nSPS) is 15.9. The number of hydrogen-bond acceptors (Lipinski definition) is 6. The molecule has 1 aliphatic carbocycles. The zero-order chi connectivity index (χ0) is 15.1. The van der Waals surface area contributed by atoms with Crippen molar-refractivity contribution in [3.05, 3.63) is 0 Å². The summed E-state index contributed by atoms with van der Waals surface area (Å²) in [6.45, 7) is 0.692. The first-order chi connectivity index (χ1) is 10.1. The highest BCUT2D eigenvalue weighted by Crippen LogP contribution is 2.28. The Labute approximate surface area is 134 Å². The van der Waals surface area contributed by atoms with E-state index in [1.165, 1.54) is 55.0 Å². The second-order valence-corrected chi connectivity index (χ2v) is 7.23. The van der Waals surface area contributed by atoms with Gasteiger partial charge in [-0.05, 0) is 18.8 Å². The van der Waals surface area contributed by atoms with Gasteiger partial charge >= 0.3 is 0 Å². The van der Waals surface area contributed by atoms with E-state index in [-0.39, 0.29) is 5.24 Å². The van der Waals surface area contributed by atoms with E-state index in [4.69, 9.17) is 4.74 Å². The van der Waals surface area contributed by atoms with E-state index in [1.54, 1.807) is 14.1 Å². The van der Waals surface area contributed by atoms with Gasteiger partial charge in [-0.15, -0.1) is 0 Å². The summed E-state index contributed by atoms with van der Waals surface area (Å²) < 4.78 is 9.75. The van der Waals surface area contributed by atoms with Crippen LogP contribution in [0.25, 0.3) is 0 Å². The molecule has 0 aliphatic heterocycles. The third-order valence-corrected chi connectivity index (χ3v) is 5.29. The van der Waals surface area contributed by atoms with Crippen molar-refractivity contribution in [2.24, 2.45) is 5.92 Å². The molecule has 0 spiro atoms. The van der Waals surface area contributed by atoms with Crippen LogP contribution in [0.15, 0.2) is 5.16 Å². The Kier molecular flexibility index (Phi) is 6.76. The first kappa shape index (κ1) is 16.5. The molecule has 0 atom stereocenters. The maximum Gasteiger partial charge on any atom is 0.293 e. The van der Waals surface area contributed by atoms with E-state index >= 15 is 0 Å². The number of ether oxygens (including phenoxy) is 1. The molecule has 1 aromatic heterocycles. The first-order valence-electron chi connectivity index (χ1n) is 7.51. The lowest BCUT2D eigenvalue weighted by atomic mass is 9.86. The minimum atomic E-state index is -0.0725. The van der Waals surface area contributed by atoms with Gasteiger partial charge in [-0.3, -0.25) is 4.79 Å². The summed E-state index contributed by atoms with van der Waals surface area (Å²) in [7, 11) is 3.43. The molecular weight excluding hydrogens is 306 g/mol. The Balaban J connectivity index is 1.64. The fourth-order valence-electron chi connectivity index (χ4n) is 2.47. The van der Waals surface area contributed by atoms with E-state index in [0.29, 0.717) is 17.0 Å². The Morgan fingerprint density at radius 2 is 2.14 bits per heavy atom. The van der Waals surface area contributed by atoms with Gasteiger partial charge in [0.1, 0.15) is 0 Å². The lowest BCUT2D eigenvalue weighted by Crippen LogP contribution is -2.16. The summed E-state index contributed by atoms with van der Waals surface area (Å²) in [4.78, 5) is 17.3. The molecule has 7 heteroatoms. The molecule has 2 rings (SSSR count). The van der Waals surface area contributed by atoms with E-state index in [1.807, 2.05) is 0 Å². The van der Waals surface area contributed by atoms with Crippen LogP contribution in [0.3, 0.4) is 0 Å². The molecule has 21 heavy (non-hydrogen) atoms. The molecule has 0 aromatic carbocycles. The van der Waals surface area contributed by atoms with Gasteiger partial charge in [0.15, 0.2) is 0 Å². The maximum absolute atomic E-state index is 11.5. The largest absolute Gasteiger partial charge is 0.469 e. The molecule has 1 fully saturated rings. The van der Waals surface area contributed by atoms with Crippen LogP contribution in [0, 0.1) is 5.92 Å². The van der Waals surface area contributed by atoms with Crippen LogP contribution in [0.1, 0.15) is 44.9 Å². The molecule has 1 saturated carbocycles. The third kappa shape index (κ3) is 5.82. The van der Waals surface area contributed by atoms with Gasteiger partial charge in [-0.25, -0.2) is 0 Å². The number of hydrogen-bond donors (Lipinski definition) is 0. The van der Waals surface area contributed by atoms with Crippen LogP contribution in [-0.4, -0.2) is 40.2 Å². The lowest BCUT2D eigenvalue weighted by molar-refractivity contribution is 0.241. The summed E-state index contributed by atoms with van der Waals surface area (Å²) in [5.41, 5.74) is 0. The van der Waals surface area contributed by atoms with Crippen molar-refractivity contribution in [2.45, 2.75) is 50.1 Å². The number of rotatable bonds is 6. The summed E-state index contributed by atoms with van der Waals surface area (Å²) in [6.07, 6.45) is 9.27. The highest BCUT2D eigenvalue weighted by atomic mass is 32.2. The van der Waals surface area contributed by atoms with Crippen molar-refractivity contribution in [2.75, 3.05) is 20.7 Å². The van der Waals surface area contributed by atoms with Crippen molar-refractivity contribution in [3.63, 3.8) is 0 Å². The van der Waals surface area contributed by atoms with Gasteiger partial charge in [-0.2, -0.15) is 9.36 Å². The minimum absolute atomic E-state index is 0.0725. The summed E-state index contributed by atoms with van der Waals surface area (Å²) in [5, 5.41) is 0.963. The van der Waals surface area contributed by atoms with Crippen LogP contribution >= 0.6 is 23.3 Å². The monoisotopic (exact) mass is 329 g/mol. The van der Waals surface area contributed by atoms with Crippen molar-refractivity contribution in [1.82, 2.24) is 14.3 Å². The van der Waals surface area contributed by atoms with Crippen LogP contribution in [0.5, 0.6) is 5.19 Å². The molecule has 0 unspecified atom stereocenters. The van der Waals surface area contributed by atoms with E-state index < -0.39 is 0 Å². The fraction of sp³-hybridized carbons (Fsp3) is 0.786. The SMILES string of the molecule is CN(C)C(=O)Sc1nsc(OCCCC2CCCCC2)n1. The highest BCUT2D eigenvalue weighted by molar-refractivity contribution is 8.13. The van der Waals surface area contributed by atoms with Crippen molar-refractivity contribution in [1.29, 1.82) is 0 Å². The topological polar surface area (TPSA) is 55.3 Å². The quantitative estimate of drug-likeness (QED) is 0.582. The van der Waals surface area contributed by atoms with Gasteiger partial charge in [0.2, 0.25) is 5.16 Å². The highest BCUT2D eigenvalue weighted by Gasteiger charge is 2.14. The van der Waals surface area contributed by atoms with Crippen LogP contribution < -0.4 is 4.74 Å². The molecule has 1 aliphatic rings. The van der Waals surface area contributed by atoms with Gasteiger partial charge in [-0.1, -0.05) is 32.1 Å². The van der Waals surface area contributed by atoms with E-state index in [2.05, 4.69) is 9.36 Å². The second-order valence-electron chi connectivity index (χ2n) is 5.60. The molecular formula is C14H23N3O2S2. The second kappa shape index (κ2) is 8.58. The van der Waals surface area contributed by atoms with Crippen LogP contribution in [-0.2, 0) is 0 Å². The fourth-order valence-corrected chi connectivity index (χ4v) is 3.72. The number of nitrogens with zero attached hydrogens (tertiary/aromatic N) is 3. The summed E-state index contributed by atoms with van der Waals surface area (Å²) >= 11 is 2.24. The molecule has 0 saturated heterocycles. The average molecular weight is 329 g/mol. The van der Waals surface area contributed by atoms with Crippen molar-refractivity contribution < 1.29 is 9.53 Å². The number of carbonyl (C=O) groups excluding carboxylic acids is 1. The number of carbonyl (C=O) groups is 1. The van der Waals surface area contributed by atoms with Crippen molar-refractivity contribution in [3.8, 4) is 5.19 Å². The predicted octanol–water partition coefficient (Wildman–Crippen LogP) is 4.05. The number of thioether (sulfide) groups is 1. The van der Waals surface area contributed by atoms with Gasteiger partial charge in [0.05, 0.1) is 6.61 Å². The van der Waals surface area contributed by atoms with Gasteiger partial charge in [0, 0.05) is 37.4 Å². The molecule has 118 valence electrons. The smallest absolute Gasteiger partial charge is 0.293 e. The molecule has 5 nitrogen and oxygen atoms in total. The van der Waals surface area contributed by atoms with Crippen molar-refractivity contribution >= 4 is 28.5 Å². The molecule has 1 heterocycles. The Bertz CT molecular complexity index is 445. The zero-order valence-corrected chi connectivity index (χ0v) is 14.3. The lowest BCUT2D eigenvalue weighted by Gasteiger charge is -2.20. The molecule has 1 aromatic rings. The average Bonchev–Trinajstić information content (AvgIpc) is 2.92. The number of amides is 1. The molecule has 0 radical (unpaired) electrons. The zero-order valence-electron chi connectivity index (χ0n) is 12.7. The number of aromatic nitrogens is 2. The van der Waals surface area contributed by atoms with Crippen LogP contribution in [0.4, 0.5) is 4.79 Å². The maximum atomic E-state index is 11.5. The van der Waals surface area contributed by atoms with Gasteiger partial charge in [0.25, 0.3) is 10.4 Å². The molecule has 0 N–H and O–H groups in total. The van der Waals surface area contributed by atoms with E-state index in [0.717, 1.165) is 24.1 Å². The summed E-state index contributed by atoms with van der Waals surface area (Å²) in [6, 6.07) is 0. The van der Waals surface area contributed by atoms with Gasteiger partial charge < -0.3 is 9.64 Å². The summed E-state index contributed by atoms with van der Waals surface area (Å²) in [5.74, 6) is 0.889. The Morgan fingerprint density at radius 1 is 1.38 bits per heavy atom.